The second-order valence-electron chi connectivity index (χ2n) is 7.31. The van der Waals surface area contributed by atoms with Crippen molar-refractivity contribution < 1.29 is 19.7 Å². The standard InChI is InChI=1S/C25H22N4O5S/c1-2-34-18-10-8-17(9-11-18)29-24(33)19-5-3-4-6-20(19)27-25(29)35-15-23(32)28-26-14-16-7-12-21(30)22(31)13-16/h3-14,30-31H,2,15H2,1H3,(H,28,32). The third kappa shape index (κ3) is 5.61. The molecule has 0 saturated heterocycles. The molecule has 1 amide bonds. The van der Waals surface area contributed by atoms with Crippen LogP contribution in [0.5, 0.6) is 17.2 Å². The molecule has 10 heteroatoms. The molecule has 0 saturated carbocycles. The summed E-state index contributed by atoms with van der Waals surface area (Å²) in [6.07, 6.45) is 1.34. The Morgan fingerprint density at radius 2 is 1.89 bits per heavy atom. The van der Waals surface area contributed by atoms with Crippen molar-refractivity contribution >= 4 is 34.8 Å². The largest absolute Gasteiger partial charge is 0.504 e. The lowest BCUT2D eigenvalue weighted by Crippen LogP contribution is -2.24. The molecule has 4 aromatic rings. The maximum Gasteiger partial charge on any atom is 0.266 e. The van der Waals surface area contributed by atoms with Gasteiger partial charge < -0.3 is 14.9 Å². The second-order valence-corrected chi connectivity index (χ2v) is 8.25. The first-order valence-corrected chi connectivity index (χ1v) is 11.7. The number of amides is 1. The fourth-order valence-corrected chi connectivity index (χ4v) is 4.06. The van der Waals surface area contributed by atoms with E-state index in [0.717, 1.165) is 11.8 Å². The van der Waals surface area contributed by atoms with E-state index >= 15 is 0 Å². The zero-order valence-corrected chi connectivity index (χ0v) is 19.5. The molecule has 0 aliphatic heterocycles. The van der Waals surface area contributed by atoms with Gasteiger partial charge in [0.1, 0.15) is 5.75 Å². The lowest BCUT2D eigenvalue weighted by molar-refractivity contribution is -0.118. The molecule has 4 rings (SSSR count). The van der Waals surface area contributed by atoms with Crippen molar-refractivity contribution in [2.24, 2.45) is 5.10 Å². The first-order chi connectivity index (χ1) is 17.0. The van der Waals surface area contributed by atoms with Gasteiger partial charge >= 0.3 is 0 Å². The van der Waals surface area contributed by atoms with E-state index in [1.807, 2.05) is 6.92 Å². The summed E-state index contributed by atoms with van der Waals surface area (Å²) in [5, 5.41) is 23.6. The highest BCUT2D eigenvalue weighted by Gasteiger charge is 2.15. The molecule has 0 bridgehead atoms. The lowest BCUT2D eigenvalue weighted by atomic mass is 10.2. The number of rotatable bonds is 8. The van der Waals surface area contributed by atoms with Crippen molar-refractivity contribution in [3.05, 3.63) is 82.6 Å². The fourth-order valence-electron chi connectivity index (χ4n) is 3.26. The van der Waals surface area contributed by atoms with E-state index in [-0.39, 0.29) is 22.8 Å². The van der Waals surface area contributed by atoms with Gasteiger partial charge in [0.05, 0.1) is 35.2 Å². The smallest absolute Gasteiger partial charge is 0.266 e. The van der Waals surface area contributed by atoms with Crippen LogP contribution in [0, 0.1) is 0 Å². The van der Waals surface area contributed by atoms with Crippen LogP contribution in [0.3, 0.4) is 0 Å². The van der Waals surface area contributed by atoms with E-state index in [2.05, 4.69) is 15.5 Å². The number of carbonyl (C=O) groups is 1. The number of fused-ring (bicyclic) bond motifs is 1. The van der Waals surface area contributed by atoms with E-state index in [0.29, 0.717) is 39.7 Å². The predicted molar refractivity (Wildman–Crippen MR) is 135 cm³/mol. The van der Waals surface area contributed by atoms with Crippen LogP contribution in [0.15, 0.2) is 81.8 Å². The number of para-hydroxylation sites is 1. The first-order valence-electron chi connectivity index (χ1n) is 10.7. The Hall–Kier alpha value is -4.31. The Balaban J connectivity index is 1.55. The van der Waals surface area contributed by atoms with E-state index < -0.39 is 5.91 Å². The quantitative estimate of drug-likeness (QED) is 0.114. The molecule has 0 aliphatic carbocycles. The highest BCUT2D eigenvalue weighted by atomic mass is 32.2. The fraction of sp³-hybridized carbons (Fsp3) is 0.120. The SMILES string of the molecule is CCOc1ccc(-n2c(SCC(=O)NN=Cc3ccc(O)c(O)c3)nc3ccccc3c2=O)cc1. The number of nitrogens with zero attached hydrogens (tertiary/aromatic N) is 3. The summed E-state index contributed by atoms with van der Waals surface area (Å²) < 4.78 is 6.96. The summed E-state index contributed by atoms with van der Waals surface area (Å²) in [5.41, 5.74) is 3.79. The lowest BCUT2D eigenvalue weighted by Gasteiger charge is -2.13. The molecular weight excluding hydrogens is 468 g/mol. The number of benzene rings is 3. The van der Waals surface area contributed by atoms with Crippen molar-refractivity contribution in [3.8, 4) is 22.9 Å². The average molecular weight is 491 g/mol. The molecule has 1 aromatic heterocycles. The number of hydrogen-bond donors (Lipinski definition) is 3. The van der Waals surface area contributed by atoms with Gasteiger partial charge in [-0.15, -0.1) is 0 Å². The Bertz CT molecular complexity index is 1450. The van der Waals surface area contributed by atoms with Gasteiger partial charge in [0, 0.05) is 0 Å². The van der Waals surface area contributed by atoms with Crippen LogP contribution in [0.2, 0.25) is 0 Å². The summed E-state index contributed by atoms with van der Waals surface area (Å²) in [6, 6.07) is 18.3. The van der Waals surface area contributed by atoms with Crippen molar-refractivity contribution in [1.82, 2.24) is 15.0 Å². The molecule has 0 spiro atoms. The van der Waals surface area contributed by atoms with Gasteiger partial charge in [-0.2, -0.15) is 5.10 Å². The number of carbonyl (C=O) groups excluding carboxylic acids is 1. The minimum Gasteiger partial charge on any atom is -0.504 e. The molecule has 35 heavy (non-hydrogen) atoms. The molecule has 0 atom stereocenters. The Kier molecular flexibility index (Phi) is 7.32. The predicted octanol–water partition coefficient (Wildman–Crippen LogP) is 3.44. The Morgan fingerprint density at radius 1 is 1.11 bits per heavy atom. The molecule has 0 unspecified atom stereocenters. The number of nitrogens with one attached hydrogen (secondary N) is 1. The number of aromatic nitrogens is 2. The molecule has 9 nitrogen and oxygen atoms in total. The van der Waals surface area contributed by atoms with Crippen molar-refractivity contribution in [1.29, 1.82) is 0 Å². The number of aromatic hydroxyl groups is 2. The van der Waals surface area contributed by atoms with Gasteiger partial charge in [-0.3, -0.25) is 14.2 Å². The van der Waals surface area contributed by atoms with Crippen LogP contribution >= 0.6 is 11.8 Å². The summed E-state index contributed by atoms with van der Waals surface area (Å²) in [6.45, 7) is 2.42. The number of hydrogen-bond acceptors (Lipinski definition) is 8. The van der Waals surface area contributed by atoms with E-state index in [1.54, 1.807) is 48.5 Å². The van der Waals surface area contributed by atoms with Crippen LogP contribution in [-0.2, 0) is 4.79 Å². The third-order valence-corrected chi connectivity index (χ3v) is 5.82. The number of phenols is 2. The monoisotopic (exact) mass is 490 g/mol. The Morgan fingerprint density at radius 3 is 2.63 bits per heavy atom. The van der Waals surface area contributed by atoms with E-state index in [4.69, 9.17) is 4.74 Å². The average Bonchev–Trinajstić information content (AvgIpc) is 2.86. The van der Waals surface area contributed by atoms with Crippen LogP contribution in [0.25, 0.3) is 16.6 Å². The maximum atomic E-state index is 13.3. The molecule has 0 aliphatic rings. The summed E-state index contributed by atoms with van der Waals surface area (Å²) in [7, 11) is 0. The minimum atomic E-state index is -0.407. The zero-order valence-electron chi connectivity index (χ0n) is 18.7. The maximum absolute atomic E-state index is 13.3. The van der Waals surface area contributed by atoms with Gasteiger partial charge in [-0.1, -0.05) is 23.9 Å². The van der Waals surface area contributed by atoms with Gasteiger partial charge in [0.2, 0.25) is 0 Å². The zero-order chi connectivity index (χ0) is 24.8. The number of ether oxygens (including phenoxy) is 1. The molecule has 0 fully saturated rings. The Labute approximate surface area is 204 Å². The van der Waals surface area contributed by atoms with Gasteiger partial charge in [0.15, 0.2) is 16.7 Å². The van der Waals surface area contributed by atoms with Crippen molar-refractivity contribution in [2.45, 2.75) is 12.1 Å². The van der Waals surface area contributed by atoms with Gasteiger partial charge in [-0.05, 0) is 67.1 Å². The van der Waals surface area contributed by atoms with Crippen molar-refractivity contribution in [2.75, 3.05) is 12.4 Å². The third-order valence-electron chi connectivity index (χ3n) is 4.89. The number of hydrazone groups is 1. The topological polar surface area (TPSA) is 126 Å². The summed E-state index contributed by atoms with van der Waals surface area (Å²) >= 11 is 1.11. The van der Waals surface area contributed by atoms with Crippen LogP contribution < -0.4 is 15.7 Å². The highest BCUT2D eigenvalue weighted by molar-refractivity contribution is 7.99. The molecule has 0 radical (unpaired) electrons. The molecule has 178 valence electrons. The van der Waals surface area contributed by atoms with E-state index in [1.165, 1.54) is 29.0 Å². The molecule has 1 heterocycles. The summed E-state index contributed by atoms with van der Waals surface area (Å²) in [4.78, 5) is 30.3. The van der Waals surface area contributed by atoms with Crippen LogP contribution in [-0.4, -0.2) is 44.2 Å². The normalized spacial score (nSPS) is 11.1. The second kappa shape index (κ2) is 10.7. The van der Waals surface area contributed by atoms with Crippen LogP contribution in [0.1, 0.15) is 12.5 Å². The molecular formula is C25H22N4O5S. The number of phenolic OH excluding ortho intramolecular Hbond substituents is 2. The van der Waals surface area contributed by atoms with Gasteiger partial charge in [-0.25, -0.2) is 10.4 Å². The van der Waals surface area contributed by atoms with E-state index in [9.17, 15) is 19.8 Å². The minimum absolute atomic E-state index is 0.0417. The summed E-state index contributed by atoms with van der Waals surface area (Å²) in [5.74, 6) is -0.296. The molecule has 3 aromatic carbocycles. The van der Waals surface area contributed by atoms with Crippen molar-refractivity contribution in [3.63, 3.8) is 0 Å². The highest BCUT2D eigenvalue weighted by Crippen LogP contribution is 2.24. The number of thioether (sulfide) groups is 1. The van der Waals surface area contributed by atoms with Gasteiger partial charge in [0.25, 0.3) is 11.5 Å². The first kappa shape index (κ1) is 23.8. The molecule has 3 N–H and O–H groups in total. The van der Waals surface area contributed by atoms with Crippen LogP contribution in [0.4, 0.5) is 0 Å².